The van der Waals surface area contributed by atoms with E-state index in [1.54, 1.807) is 0 Å². The van der Waals surface area contributed by atoms with Crippen molar-refractivity contribution >= 4 is 0 Å². The van der Waals surface area contributed by atoms with Gasteiger partial charge in [-0.3, -0.25) is 0 Å². The fourth-order valence-electron chi connectivity index (χ4n) is 1.75. The van der Waals surface area contributed by atoms with Crippen LogP contribution in [0.15, 0.2) is 18.2 Å². The van der Waals surface area contributed by atoms with Crippen LogP contribution in [-0.2, 0) is 11.3 Å². The molecule has 0 atom stereocenters. The summed E-state index contributed by atoms with van der Waals surface area (Å²) in [5, 5.41) is 11.9. The average molecular weight is 253 g/mol. The van der Waals surface area contributed by atoms with Crippen LogP contribution in [-0.4, -0.2) is 38.3 Å². The van der Waals surface area contributed by atoms with Gasteiger partial charge in [0, 0.05) is 13.2 Å². The smallest absolute Gasteiger partial charge is 0.231 e. The first-order valence-electron chi connectivity index (χ1n) is 6.18. The highest BCUT2D eigenvalue weighted by Crippen LogP contribution is 2.32. The number of hydrogen-bond acceptors (Lipinski definition) is 5. The van der Waals surface area contributed by atoms with Crippen molar-refractivity contribution in [3.8, 4) is 11.5 Å². The van der Waals surface area contributed by atoms with E-state index in [0.29, 0.717) is 20.0 Å². The number of aliphatic hydroxyl groups excluding tert-OH is 1. The first-order chi connectivity index (χ1) is 8.90. The van der Waals surface area contributed by atoms with Gasteiger partial charge in [0.15, 0.2) is 11.5 Å². The van der Waals surface area contributed by atoms with Gasteiger partial charge >= 0.3 is 0 Å². The third-order valence-corrected chi connectivity index (χ3v) is 2.64. The lowest BCUT2D eigenvalue weighted by Gasteiger charge is -2.06. The zero-order valence-electron chi connectivity index (χ0n) is 10.4. The summed E-state index contributed by atoms with van der Waals surface area (Å²) >= 11 is 0. The lowest BCUT2D eigenvalue weighted by Crippen LogP contribution is -2.16. The Morgan fingerprint density at radius 1 is 1.22 bits per heavy atom. The molecule has 5 nitrogen and oxygen atoms in total. The molecule has 0 aromatic heterocycles. The summed E-state index contributed by atoms with van der Waals surface area (Å²) in [6.07, 6.45) is 0.935. The maximum atomic E-state index is 8.53. The van der Waals surface area contributed by atoms with Crippen molar-refractivity contribution in [3.05, 3.63) is 23.8 Å². The summed E-state index contributed by atoms with van der Waals surface area (Å²) in [6, 6.07) is 5.96. The van der Waals surface area contributed by atoms with Crippen LogP contribution in [0.4, 0.5) is 0 Å². The van der Waals surface area contributed by atoms with E-state index in [9.17, 15) is 0 Å². The number of fused-ring (bicyclic) bond motifs is 1. The van der Waals surface area contributed by atoms with Crippen LogP contribution in [0.2, 0.25) is 0 Å². The summed E-state index contributed by atoms with van der Waals surface area (Å²) in [5.74, 6) is 1.64. The predicted octanol–water partition coefficient (Wildman–Crippen LogP) is 0.904. The van der Waals surface area contributed by atoms with Gasteiger partial charge in [0.2, 0.25) is 6.79 Å². The summed E-state index contributed by atoms with van der Waals surface area (Å²) in [5.41, 5.74) is 1.18. The fraction of sp³-hybridized carbons (Fsp3) is 0.538. The van der Waals surface area contributed by atoms with E-state index in [1.807, 2.05) is 18.2 Å². The summed E-state index contributed by atoms with van der Waals surface area (Å²) in [4.78, 5) is 0. The third-order valence-electron chi connectivity index (χ3n) is 2.64. The van der Waals surface area contributed by atoms with Gasteiger partial charge in [-0.2, -0.15) is 0 Å². The Morgan fingerprint density at radius 3 is 3.00 bits per heavy atom. The van der Waals surface area contributed by atoms with Crippen molar-refractivity contribution in [2.24, 2.45) is 0 Å². The molecule has 0 radical (unpaired) electrons. The minimum atomic E-state index is 0.0879. The number of hydrogen-bond donors (Lipinski definition) is 2. The molecule has 2 rings (SSSR count). The molecule has 0 saturated heterocycles. The van der Waals surface area contributed by atoms with E-state index in [2.05, 4.69) is 5.32 Å². The Kier molecular flexibility index (Phi) is 5.26. The molecule has 1 aromatic rings. The molecule has 1 aliphatic heterocycles. The first-order valence-corrected chi connectivity index (χ1v) is 6.18. The van der Waals surface area contributed by atoms with E-state index in [4.69, 9.17) is 19.3 Å². The van der Waals surface area contributed by atoms with Gasteiger partial charge in [-0.25, -0.2) is 0 Å². The van der Waals surface area contributed by atoms with Gasteiger partial charge in [-0.1, -0.05) is 6.07 Å². The zero-order valence-corrected chi connectivity index (χ0v) is 10.4. The van der Waals surface area contributed by atoms with Crippen LogP contribution >= 0.6 is 0 Å². The van der Waals surface area contributed by atoms with Gasteiger partial charge in [0.1, 0.15) is 0 Å². The van der Waals surface area contributed by atoms with Crippen molar-refractivity contribution in [2.45, 2.75) is 13.0 Å². The van der Waals surface area contributed by atoms with Crippen molar-refractivity contribution in [1.29, 1.82) is 0 Å². The second-order valence-corrected chi connectivity index (χ2v) is 4.05. The van der Waals surface area contributed by atoms with E-state index < -0.39 is 0 Å². The Morgan fingerprint density at radius 2 is 2.11 bits per heavy atom. The highest BCUT2D eigenvalue weighted by Gasteiger charge is 2.12. The lowest BCUT2D eigenvalue weighted by molar-refractivity contribution is 0.0907. The molecule has 2 N–H and O–H groups in total. The summed E-state index contributed by atoms with van der Waals surface area (Å²) in [7, 11) is 0. The van der Waals surface area contributed by atoms with Crippen molar-refractivity contribution in [1.82, 2.24) is 5.32 Å². The van der Waals surface area contributed by atoms with Crippen LogP contribution in [0.3, 0.4) is 0 Å². The molecule has 0 bridgehead atoms. The molecule has 0 aliphatic carbocycles. The maximum absolute atomic E-state index is 8.53. The largest absolute Gasteiger partial charge is 0.454 e. The zero-order chi connectivity index (χ0) is 12.6. The number of benzene rings is 1. The normalized spacial score (nSPS) is 12.9. The quantitative estimate of drug-likeness (QED) is 0.674. The molecule has 5 heteroatoms. The lowest BCUT2D eigenvalue weighted by atomic mass is 10.2. The molecule has 0 saturated carbocycles. The second-order valence-electron chi connectivity index (χ2n) is 4.05. The monoisotopic (exact) mass is 253 g/mol. The van der Waals surface area contributed by atoms with Gasteiger partial charge in [-0.05, 0) is 30.7 Å². The molecule has 1 aromatic carbocycles. The molecule has 1 aliphatic rings. The standard InChI is InChI=1S/C13H19NO4/c15-5-7-16-6-1-4-14-9-11-2-3-12-13(8-11)18-10-17-12/h2-3,8,14-15H,1,4-7,9-10H2. The molecule has 0 amide bonds. The maximum Gasteiger partial charge on any atom is 0.231 e. The molecule has 0 spiro atoms. The number of nitrogens with one attached hydrogen (secondary N) is 1. The number of ether oxygens (including phenoxy) is 3. The molecule has 18 heavy (non-hydrogen) atoms. The number of aliphatic hydroxyl groups is 1. The van der Waals surface area contributed by atoms with Crippen LogP contribution in [0.1, 0.15) is 12.0 Å². The molecular formula is C13H19NO4. The third kappa shape index (κ3) is 3.87. The molecule has 0 unspecified atom stereocenters. The molecular weight excluding hydrogens is 234 g/mol. The topological polar surface area (TPSA) is 60.0 Å². The van der Waals surface area contributed by atoms with Crippen LogP contribution < -0.4 is 14.8 Å². The molecule has 100 valence electrons. The average Bonchev–Trinajstić information content (AvgIpc) is 2.85. The Labute approximate surface area is 107 Å². The van der Waals surface area contributed by atoms with E-state index >= 15 is 0 Å². The Bertz CT molecular complexity index is 370. The number of rotatable bonds is 8. The highest BCUT2D eigenvalue weighted by atomic mass is 16.7. The van der Waals surface area contributed by atoms with Gasteiger partial charge in [0.05, 0.1) is 13.2 Å². The Hall–Kier alpha value is -1.30. The van der Waals surface area contributed by atoms with Gasteiger partial charge in [-0.15, -0.1) is 0 Å². The van der Waals surface area contributed by atoms with Crippen LogP contribution in [0.5, 0.6) is 11.5 Å². The SMILES string of the molecule is OCCOCCCNCc1ccc2c(c1)OCO2. The first kappa shape index (κ1) is 13.1. The minimum absolute atomic E-state index is 0.0879. The van der Waals surface area contributed by atoms with Gasteiger partial charge < -0.3 is 24.6 Å². The molecule has 1 heterocycles. The van der Waals surface area contributed by atoms with E-state index in [-0.39, 0.29) is 6.61 Å². The van der Waals surface area contributed by atoms with Crippen molar-refractivity contribution in [3.63, 3.8) is 0 Å². The second kappa shape index (κ2) is 7.20. The Balaban J connectivity index is 1.62. The van der Waals surface area contributed by atoms with Crippen LogP contribution in [0.25, 0.3) is 0 Å². The van der Waals surface area contributed by atoms with Crippen LogP contribution in [0, 0.1) is 0 Å². The van der Waals surface area contributed by atoms with Gasteiger partial charge in [0.25, 0.3) is 0 Å². The highest BCUT2D eigenvalue weighted by molar-refractivity contribution is 5.44. The van der Waals surface area contributed by atoms with E-state index in [0.717, 1.165) is 31.0 Å². The summed E-state index contributed by atoms with van der Waals surface area (Å²) < 4.78 is 15.7. The van der Waals surface area contributed by atoms with Crippen molar-refractivity contribution in [2.75, 3.05) is 33.2 Å². The fourth-order valence-corrected chi connectivity index (χ4v) is 1.75. The predicted molar refractivity (Wildman–Crippen MR) is 66.8 cm³/mol. The summed E-state index contributed by atoms with van der Waals surface area (Å²) in [6.45, 7) is 3.19. The van der Waals surface area contributed by atoms with Crippen molar-refractivity contribution < 1.29 is 19.3 Å². The van der Waals surface area contributed by atoms with E-state index in [1.165, 1.54) is 5.56 Å². The molecule has 0 fully saturated rings. The minimum Gasteiger partial charge on any atom is -0.454 e.